The molecule has 0 N–H and O–H groups in total. The van der Waals surface area contributed by atoms with E-state index >= 15 is 0 Å². The van der Waals surface area contributed by atoms with Crippen LogP contribution in [0.5, 0.6) is 11.5 Å². The molecule has 0 spiro atoms. The van der Waals surface area contributed by atoms with Gasteiger partial charge in [-0.3, -0.25) is 14.9 Å². The van der Waals surface area contributed by atoms with E-state index in [0.717, 1.165) is 43.1 Å². The number of benzene rings is 2. The Morgan fingerprint density at radius 2 is 1.84 bits per heavy atom. The summed E-state index contributed by atoms with van der Waals surface area (Å²) in [7, 11) is 3.06. The monoisotopic (exact) mass is 445 g/mol. The van der Waals surface area contributed by atoms with E-state index in [1.807, 2.05) is 29.2 Å². The summed E-state index contributed by atoms with van der Waals surface area (Å²) in [5.74, 6) is 2.05. The number of nitrogens with zero attached hydrogens (tertiary/aromatic N) is 3. The van der Waals surface area contributed by atoms with Crippen molar-refractivity contribution < 1.29 is 19.2 Å². The van der Waals surface area contributed by atoms with Crippen molar-refractivity contribution in [3.05, 3.63) is 58.1 Å². The number of methoxy groups -OCH3 is 2. The standard InChI is InChI=1S/C22H27N3O5S/c1-29-19-7-5-18(6-8-19)23-10-3-11-24(13-12-23)22(26)16-31-15-17-4-9-21(30-2)20(14-17)25(27)28/h4-9,14H,3,10-13,15-16H2,1-2H3. The molecule has 1 amide bonds. The van der Waals surface area contributed by atoms with Crippen molar-refractivity contribution in [3.63, 3.8) is 0 Å². The fourth-order valence-electron chi connectivity index (χ4n) is 3.53. The zero-order chi connectivity index (χ0) is 22.2. The number of carbonyl (C=O) groups is 1. The molecule has 1 saturated heterocycles. The highest BCUT2D eigenvalue weighted by Gasteiger charge is 2.20. The van der Waals surface area contributed by atoms with Gasteiger partial charge < -0.3 is 19.3 Å². The molecule has 0 aromatic heterocycles. The molecule has 9 heteroatoms. The number of anilines is 1. The van der Waals surface area contributed by atoms with Crippen LogP contribution in [-0.4, -0.2) is 61.9 Å². The molecule has 0 saturated carbocycles. The summed E-state index contributed by atoms with van der Waals surface area (Å²) in [5.41, 5.74) is 1.87. The summed E-state index contributed by atoms with van der Waals surface area (Å²) in [6.45, 7) is 3.10. The van der Waals surface area contributed by atoms with Crippen LogP contribution in [0.1, 0.15) is 12.0 Å². The smallest absolute Gasteiger partial charge is 0.311 e. The van der Waals surface area contributed by atoms with E-state index in [2.05, 4.69) is 4.90 Å². The van der Waals surface area contributed by atoms with Crippen LogP contribution in [0.2, 0.25) is 0 Å². The number of amides is 1. The lowest BCUT2D eigenvalue weighted by Crippen LogP contribution is -2.36. The fraction of sp³-hybridized carbons (Fsp3) is 0.409. The van der Waals surface area contributed by atoms with Crippen molar-refractivity contribution >= 4 is 29.0 Å². The van der Waals surface area contributed by atoms with Gasteiger partial charge in [0.05, 0.1) is 24.9 Å². The number of nitro groups is 1. The number of carbonyl (C=O) groups excluding carboxylic acids is 1. The molecule has 31 heavy (non-hydrogen) atoms. The SMILES string of the molecule is COc1ccc(N2CCCN(C(=O)CSCc3ccc(OC)c([N+](=O)[O-])c3)CC2)cc1. The first-order valence-corrected chi connectivity index (χ1v) is 11.2. The average Bonchev–Trinajstić information content (AvgIpc) is 3.05. The maximum Gasteiger partial charge on any atom is 0.311 e. The summed E-state index contributed by atoms with van der Waals surface area (Å²) >= 11 is 1.47. The summed E-state index contributed by atoms with van der Waals surface area (Å²) in [5, 5.41) is 11.2. The lowest BCUT2D eigenvalue weighted by atomic mass is 10.2. The van der Waals surface area contributed by atoms with E-state index < -0.39 is 4.92 Å². The van der Waals surface area contributed by atoms with Crippen LogP contribution in [0.25, 0.3) is 0 Å². The molecule has 2 aromatic carbocycles. The molecule has 1 heterocycles. The summed E-state index contributed by atoms with van der Waals surface area (Å²) in [6.07, 6.45) is 0.910. The number of nitro benzene ring substituents is 1. The third-order valence-corrected chi connectivity index (χ3v) is 6.21. The van der Waals surface area contributed by atoms with Gasteiger partial charge in [-0.15, -0.1) is 11.8 Å². The molecule has 0 unspecified atom stereocenters. The van der Waals surface area contributed by atoms with Gasteiger partial charge in [-0.25, -0.2) is 0 Å². The molecule has 0 atom stereocenters. The maximum atomic E-state index is 12.7. The van der Waals surface area contributed by atoms with Crippen molar-refractivity contribution in [1.82, 2.24) is 4.90 Å². The van der Waals surface area contributed by atoms with Crippen LogP contribution in [0, 0.1) is 10.1 Å². The molecule has 1 aliphatic heterocycles. The van der Waals surface area contributed by atoms with Crippen LogP contribution >= 0.6 is 11.8 Å². The van der Waals surface area contributed by atoms with Crippen LogP contribution in [0.4, 0.5) is 11.4 Å². The fourth-order valence-corrected chi connectivity index (χ4v) is 4.41. The number of hydrogen-bond acceptors (Lipinski definition) is 7. The molecule has 0 radical (unpaired) electrons. The number of hydrogen-bond donors (Lipinski definition) is 0. The van der Waals surface area contributed by atoms with Gasteiger partial charge in [0.15, 0.2) is 5.75 Å². The quantitative estimate of drug-likeness (QED) is 0.453. The number of rotatable bonds is 8. The number of thioether (sulfide) groups is 1. The Bertz CT molecular complexity index is 907. The predicted molar refractivity (Wildman–Crippen MR) is 122 cm³/mol. The second kappa shape index (κ2) is 10.9. The van der Waals surface area contributed by atoms with E-state index in [0.29, 0.717) is 18.1 Å². The third-order valence-electron chi connectivity index (χ3n) is 5.22. The van der Waals surface area contributed by atoms with Gasteiger partial charge in [0.1, 0.15) is 5.75 Å². The van der Waals surface area contributed by atoms with Crippen LogP contribution in [0.3, 0.4) is 0 Å². The zero-order valence-electron chi connectivity index (χ0n) is 17.8. The minimum Gasteiger partial charge on any atom is -0.497 e. The first-order valence-electron chi connectivity index (χ1n) is 10.1. The molecule has 1 fully saturated rings. The zero-order valence-corrected chi connectivity index (χ0v) is 18.6. The maximum absolute atomic E-state index is 12.7. The van der Waals surface area contributed by atoms with Gasteiger partial charge in [0.25, 0.3) is 0 Å². The molecule has 0 bridgehead atoms. The van der Waals surface area contributed by atoms with E-state index in [4.69, 9.17) is 9.47 Å². The van der Waals surface area contributed by atoms with Crippen LogP contribution in [0.15, 0.2) is 42.5 Å². The molecule has 3 rings (SSSR count). The average molecular weight is 446 g/mol. The second-order valence-electron chi connectivity index (χ2n) is 7.18. The molecule has 8 nitrogen and oxygen atoms in total. The van der Waals surface area contributed by atoms with Crippen molar-refractivity contribution in [2.24, 2.45) is 0 Å². The number of ether oxygens (including phenoxy) is 2. The Kier molecular flexibility index (Phi) is 8.00. The Morgan fingerprint density at radius 3 is 2.52 bits per heavy atom. The normalized spacial score (nSPS) is 14.1. The van der Waals surface area contributed by atoms with E-state index in [1.165, 1.54) is 24.9 Å². The van der Waals surface area contributed by atoms with Crippen molar-refractivity contribution in [2.75, 3.05) is 51.1 Å². The Morgan fingerprint density at radius 1 is 1.06 bits per heavy atom. The largest absolute Gasteiger partial charge is 0.497 e. The van der Waals surface area contributed by atoms with Gasteiger partial charge in [0, 0.05) is 43.7 Å². The molecule has 1 aliphatic rings. The highest BCUT2D eigenvalue weighted by Crippen LogP contribution is 2.29. The predicted octanol–water partition coefficient (Wildman–Crippen LogP) is 3.58. The first kappa shape index (κ1) is 22.7. The Balaban J connectivity index is 1.49. The highest BCUT2D eigenvalue weighted by molar-refractivity contribution is 7.99. The molecular weight excluding hydrogens is 418 g/mol. The Labute approximate surface area is 186 Å². The van der Waals surface area contributed by atoms with Crippen molar-refractivity contribution in [2.45, 2.75) is 12.2 Å². The van der Waals surface area contributed by atoms with E-state index in [9.17, 15) is 14.9 Å². The molecule has 0 aliphatic carbocycles. The van der Waals surface area contributed by atoms with Crippen molar-refractivity contribution in [1.29, 1.82) is 0 Å². The van der Waals surface area contributed by atoms with Crippen LogP contribution in [-0.2, 0) is 10.5 Å². The highest BCUT2D eigenvalue weighted by atomic mass is 32.2. The van der Waals surface area contributed by atoms with Gasteiger partial charge in [-0.2, -0.15) is 0 Å². The molecule has 166 valence electrons. The third kappa shape index (κ3) is 6.04. The summed E-state index contributed by atoms with van der Waals surface area (Å²) in [4.78, 5) is 27.6. The van der Waals surface area contributed by atoms with Crippen molar-refractivity contribution in [3.8, 4) is 11.5 Å². The minimum absolute atomic E-state index is 0.0573. The van der Waals surface area contributed by atoms with E-state index in [-0.39, 0.29) is 17.3 Å². The topological polar surface area (TPSA) is 85.2 Å². The molecular formula is C22H27N3O5S. The van der Waals surface area contributed by atoms with Gasteiger partial charge in [0.2, 0.25) is 5.91 Å². The summed E-state index contributed by atoms with van der Waals surface area (Å²) in [6, 6.07) is 12.9. The van der Waals surface area contributed by atoms with Gasteiger partial charge in [-0.1, -0.05) is 6.07 Å². The van der Waals surface area contributed by atoms with Gasteiger partial charge >= 0.3 is 5.69 Å². The molecule has 2 aromatic rings. The lowest BCUT2D eigenvalue weighted by Gasteiger charge is -2.24. The Hall–Kier alpha value is -2.94. The van der Waals surface area contributed by atoms with Gasteiger partial charge in [-0.05, 0) is 42.3 Å². The summed E-state index contributed by atoms with van der Waals surface area (Å²) < 4.78 is 10.2. The minimum atomic E-state index is -0.454. The second-order valence-corrected chi connectivity index (χ2v) is 8.16. The van der Waals surface area contributed by atoms with E-state index in [1.54, 1.807) is 19.2 Å². The lowest BCUT2D eigenvalue weighted by molar-refractivity contribution is -0.385. The van der Waals surface area contributed by atoms with Crippen LogP contribution < -0.4 is 14.4 Å². The first-order chi connectivity index (χ1) is 15.0.